The lowest BCUT2D eigenvalue weighted by Gasteiger charge is -2.09. The summed E-state index contributed by atoms with van der Waals surface area (Å²) in [6.07, 6.45) is 0. The van der Waals surface area contributed by atoms with Crippen LogP contribution >= 0.6 is 23.1 Å². The van der Waals surface area contributed by atoms with Crippen LogP contribution in [0.4, 0.5) is 0 Å². The van der Waals surface area contributed by atoms with Crippen LogP contribution in [-0.4, -0.2) is 21.1 Å². The van der Waals surface area contributed by atoms with Crippen LogP contribution < -0.4 is 5.32 Å². The van der Waals surface area contributed by atoms with Crippen molar-refractivity contribution in [2.24, 2.45) is 0 Å². The maximum absolute atomic E-state index is 12.1. The Balaban J connectivity index is 1.61. The summed E-state index contributed by atoms with van der Waals surface area (Å²) < 4.78 is 0. The Morgan fingerprint density at radius 2 is 2.32 bits per heavy atom. The van der Waals surface area contributed by atoms with Crippen LogP contribution in [0.2, 0.25) is 0 Å². The molecule has 3 aromatic rings. The molecular formula is C16H17N3OS2. The third kappa shape index (κ3) is 3.51. The zero-order valence-electron chi connectivity index (χ0n) is 12.4. The van der Waals surface area contributed by atoms with Crippen LogP contribution in [0.5, 0.6) is 0 Å². The number of benzene rings is 1. The summed E-state index contributed by atoms with van der Waals surface area (Å²) in [4.78, 5) is 21.1. The molecule has 2 N–H and O–H groups in total. The smallest absolute Gasteiger partial charge is 0.233 e. The number of fused-ring (bicyclic) bond motifs is 1. The van der Waals surface area contributed by atoms with Crippen molar-refractivity contribution in [2.45, 2.75) is 30.8 Å². The number of carbonyl (C=O) groups is 1. The standard InChI is InChI=1S/C16H17N3OS2/c1-10-5-6-13-14(8-10)19-16(18-13)22-11(2)15(20)17-9-12-4-3-7-21-12/h3-8,11H,9H2,1-2H3,(H,17,20)(H,18,19)/t11-/m0/s1. The predicted molar refractivity (Wildman–Crippen MR) is 92.3 cm³/mol. The molecular weight excluding hydrogens is 314 g/mol. The number of nitrogens with one attached hydrogen (secondary N) is 2. The number of thioether (sulfide) groups is 1. The molecule has 114 valence electrons. The number of aromatic nitrogens is 2. The summed E-state index contributed by atoms with van der Waals surface area (Å²) in [7, 11) is 0. The van der Waals surface area contributed by atoms with Crippen molar-refractivity contribution >= 4 is 40.0 Å². The maximum Gasteiger partial charge on any atom is 0.233 e. The van der Waals surface area contributed by atoms with Gasteiger partial charge in [0.25, 0.3) is 0 Å². The van der Waals surface area contributed by atoms with Crippen LogP contribution in [-0.2, 0) is 11.3 Å². The quantitative estimate of drug-likeness (QED) is 0.700. The highest BCUT2D eigenvalue weighted by atomic mass is 32.2. The molecule has 3 rings (SSSR count). The van der Waals surface area contributed by atoms with Gasteiger partial charge in [-0.05, 0) is 43.0 Å². The van der Waals surface area contributed by atoms with E-state index in [1.165, 1.54) is 17.3 Å². The zero-order chi connectivity index (χ0) is 15.5. The van der Waals surface area contributed by atoms with Gasteiger partial charge in [-0.2, -0.15) is 0 Å². The summed E-state index contributed by atoms with van der Waals surface area (Å²) in [5.41, 5.74) is 3.13. The Labute approximate surface area is 137 Å². The van der Waals surface area contributed by atoms with E-state index in [1.807, 2.05) is 43.5 Å². The minimum atomic E-state index is -0.193. The van der Waals surface area contributed by atoms with Crippen molar-refractivity contribution in [2.75, 3.05) is 0 Å². The summed E-state index contributed by atoms with van der Waals surface area (Å²) in [5.74, 6) is 0.0232. The van der Waals surface area contributed by atoms with E-state index in [0.29, 0.717) is 6.54 Å². The van der Waals surface area contributed by atoms with E-state index in [4.69, 9.17) is 0 Å². The molecule has 0 aliphatic carbocycles. The number of rotatable bonds is 5. The van der Waals surface area contributed by atoms with Crippen molar-refractivity contribution in [3.63, 3.8) is 0 Å². The van der Waals surface area contributed by atoms with Gasteiger partial charge in [-0.1, -0.05) is 23.9 Å². The lowest BCUT2D eigenvalue weighted by Crippen LogP contribution is -2.30. The van der Waals surface area contributed by atoms with E-state index >= 15 is 0 Å². The molecule has 4 nitrogen and oxygen atoms in total. The van der Waals surface area contributed by atoms with Gasteiger partial charge in [-0.3, -0.25) is 4.79 Å². The fourth-order valence-corrected chi connectivity index (χ4v) is 3.60. The van der Waals surface area contributed by atoms with Crippen LogP contribution in [0.15, 0.2) is 40.9 Å². The topological polar surface area (TPSA) is 57.8 Å². The van der Waals surface area contributed by atoms with E-state index in [2.05, 4.69) is 21.4 Å². The molecule has 2 heterocycles. The van der Waals surface area contributed by atoms with Crippen molar-refractivity contribution in [3.8, 4) is 0 Å². The van der Waals surface area contributed by atoms with E-state index in [0.717, 1.165) is 21.1 Å². The molecule has 0 aliphatic heterocycles. The number of hydrogen-bond acceptors (Lipinski definition) is 4. The first kappa shape index (κ1) is 15.1. The number of H-pyrrole nitrogens is 1. The van der Waals surface area contributed by atoms with Gasteiger partial charge >= 0.3 is 0 Å². The Morgan fingerprint density at radius 1 is 1.45 bits per heavy atom. The second kappa shape index (κ2) is 6.54. The van der Waals surface area contributed by atoms with Gasteiger partial charge < -0.3 is 10.3 Å². The Morgan fingerprint density at radius 3 is 3.09 bits per heavy atom. The third-order valence-electron chi connectivity index (χ3n) is 3.29. The van der Waals surface area contributed by atoms with E-state index in [1.54, 1.807) is 11.3 Å². The van der Waals surface area contributed by atoms with Crippen LogP contribution in [0.25, 0.3) is 11.0 Å². The fourth-order valence-electron chi connectivity index (χ4n) is 2.11. The highest BCUT2D eigenvalue weighted by Gasteiger charge is 2.16. The summed E-state index contributed by atoms with van der Waals surface area (Å²) in [5, 5.41) is 5.55. The largest absolute Gasteiger partial charge is 0.350 e. The number of nitrogens with zero attached hydrogens (tertiary/aromatic N) is 1. The van der Waals surface area contributed by atoms with Crippen molar-refractivity contribution < 1.29 is 4.79 Å². The van der Waals surface area contributed by atoms with Gasteiger partial charge in [-0.15, -0.1) is 11.3 Å². The average molecular weight is 331 g/mol. The van der Waals surface area contributed by atoms with Crippen LogP contribution in [0, 0.1) is 6.92 Å². The second-order valence-corrected chi connectivity index (χ2v) is 7.48. The predicted octanol–water partition coefficient (Wildman–Crippen LogP) is 3.73. The zero-order valence-corrected chi connectivity index (χ0v) is 14.1. The van der Waals surface area contributed by atoms with Gasteiger partial charge in [0.05, 0.1) is 22.8 Å². The normalized spacial score (nSPS) is 12.5. The lowest BCUT2D eigenvalue weighted by atomic mass is 10.2. The van der Waals surface area contributed by atoms with E-state index < -0.39 is 0 Å². The Bertz CT molecular complexity index is 780. The van der Waals surface area contributed by atoms with E-state index in [9.17, 15) is 4.79 Å². The first-order chi connectivity index (χ1) is 10.6. The second-order valence-electron chi connectivity index (χ2n) is 5.12. The molecule has 0 aliphatic rings. The van der Waals surface area contributed by atoms with Crippen LogP contribution in [0.3, 0.4) is 0 Å². The maximum atomic E-state index is 12.1. The highest BCUT2D eigenvalue weighted by molar-refractivity contribution is 8.00. The molecule has 1 atom stereocenters. The van der Waals surface area contributed by atoms with Crippen molar-refractivity contribution in [1.29, 1.82) is 0 Å². The monoisotopic (exact) mass is 331 g/mol. The number of hydrogen-bond donors (Lipinski definition) is 2. The number of carbonyl (C=O) groups excluding carboxylic acids is 1. The molecule has 6 heteroatoms. The number of aromatic amines is 1. The van der Waals surface area contributed by atoms with Gasteiger partial charge in [-0.25, -0.2) is 4.98 Å². The van der Waals surface area contributed by atoms with Crippen LogP contribution in [0.1, 0.15) is 17.4 Å². The van der Waals surface area contributed by atoms with Gasteiger partial charge in [0, 0.05) is 4.88 Å². The Kier molecular flexibility index (Phi) is 4.49. The molecule has 0 radical (unpaired) electrons. The summed E-state index contributed by atoms with van der Waals surface area (Å²) >= 11 is 3.09. The number of aryl methyl sites for hydroxylation is 1. The SMILES string of the molecule is Cc1ccc2nc(S[C@@H](C)C(=O)NCc3cccs3)[nH]c2c1. The molecule has 0 bridgehead atoms. The molecule has 0 unspecified atom stereocenters. The molecule has 22 heavy (non-hydrogen) atoms. The number of imidazole rings is 1. The summed E-state index contributed by atoms with van der Waals surface area (Å²) in [6, 6.07) is 10.1. The third-order valence-corrected chi connectivity index (χ3v) is 5.15. The molecule has 0 fully saturated rings. The number of thiophene rings is 1. The van der Waals surface area contributed by atoms with Crippen molar-refractivity contribution in [1.82, 2.24) is 15.3 Å². The fraction of sp³-hybridized carbons (Fsp3) is 0.250. The average Bonchev–Trinajstić information content (AvgIpc) is 3.12. The van der Waals surface area contributed by atoms with Gasteiger partial charge in [0.2, 0.25) is 5.91 Å². The van der Waals surface area contributed by atoms with E-state index in [-0.39, 0.29) is 11.2 Å². The molecule has 0 saturated carbocycles. The lowest BCUT2D eigenvalue weighted by molar-refractivity contribution is -0.120. The summed E-state index contributed by atoms with van der Waals surface area (Å²) in [6.45, 7) is 4.53. The molecule has 1 amide bonds. The first-order valence-corrected chi connectivity index (χ1v) is 8.81. The van der Waals surface area contributed by atoms with Gasteiger partial charge in [0.1, 0.15) is 0 Å². The number of amides is 1. The highest BCUT2D eigenvalue weighted by Crippen LogP contribution is 2.24. The molecule has 1 aromatic carbocycles. The molecule has 2 aromatic heterocycles. The molecule has 0 spiro atoms. The minimum absolute atomic E-state index is 0.0232. The van der Waals surface area contributed by atoms with Crippen molar-refractivity contribution in [3.05, 3.63) is 46.2 Å². The van der Waals surface area contributed by atoms with Gasteiger partial charge in [0.15, 0.2) is 5.16 Å². The molecule has 0 saturated heterocycles. The first-order valence-electron chi connectivity index (χ1n) is 7.05. The minimum Gasteiger partial charge on any atom is -0.350 e. The Hall–Kier alpha value is -1.79.